The van der Waals surface area contributed by atoms with Crippen molar-refractivity contribution in [2.45, 2.75) is 47.0 Å². The number of Topliss-reactive ketones (excluding diaryl/α,β-unsaturated/α-hetero) is 1. The molecule has 0 aromatic carbocycles. The molecule has 0 saturated carbocycles. The first-order valence-corrected chi connectivity index (χ1v) is 6.80. The first-order chi connectivity index (χ1) is 8.43. The van der Waals surface area contributed by atoms with Crippen molar-refractivity contribution in [2.75, 3.05) is 19.8 Å². The van der Waals surface area contributed by atoms with Gasteiger partial charge in [0.2, 0.25) is 5.91 Å². The van der Waals surface area contributed by atoms with Crippen LogP contribution in [0.5, 0.6) is 0 Å². The van der Waals surface area contributed by atoms with Crippen molar-refractivity contribution in [3.8, 4) is 0 Å². The Morgan fingerprint density at radius 3 is 2.22 bits per heavy atom. The lowest BCUT2D eigenvalue weighted by Crippen LogP contribution is -2.26. The SMILES string of the molecule is CC(C)CCNC(=O)CCOCCC(=O)C(C)C. The van der Waals surface area contributed by atoms with Crippen LogP contribution in [0.25, 0.3) is 0 Å². The molecule has 106 valence electrons. The Bertz CT molecular complexity index is 249. The largest absolute Gasteiger partial charge is 0.380 e. The fraction of sp³-hybridized carbons (Fsp3) is 0.857. The molecule has 18 heavy (non-hydrogen) atoms. The highest BCUT2D eigenvalue weighted by Gasteiger charge is 2.07. The Morgan fingerprint density at radius 2 is 1.67 bits per heavy atom. The van der Waals surface area contributed by atoms with Crippen LogP contribution in [0.15, 0.2) is 0 Å². The number of amides is 1. The minimum Gasteiger partial charge on any atom is -0.380 e. The number of nitrogens with one attached hydrogen (secondary N) is 1. The Morgan fingerprint density at radius 1 is 1.06 bits per heavy atom. The lowest BCUT2D eigenvalue weighted by Gasteiger charge is -2.08. The van der Waals surface area contributed by atoms with E-state index in [4.69, 9.17) is 4.74 Å². The number of ketones is 1. The minimum absolute atomic E-state index is 0.0193. The summed E-state index contributed by atoms with van der Waals surface area (Å²) >= 11 is 0. The summed E-state index contributed by atoms with van der Waals surface area (Å²) in [5.41, 5.74) is 0. The zero-order valence-corrected chi connectivity index (χ0v) is 12.1. The quantitative estimate of drug-likeness (QED) is 0.610. The van der Waals surface area contributed by atoms with Gasteiger partial charge >= 0.3 is 0 Å². The van der Waals surface area contributed by atoms with E-state index in [1.165, 1.54) is 0 Å². The van der Waals surface area contributed by atoms with Gasteiger partial charge in [0, 0.05) is 25.3 Å². The van der Waals surface area contributed by atoms with Gasteiger partial charge in [0.05, 0.1) is 13.2 Å². The van der Waals surface area contributed by atoms with Crippen LogP contribution >= 0.6 is 0 Å². The van der Waals surface area contributed by atoms with Crippen LogP contribution in [0.2, 0.25) is 0 Å². The van der Waals surface area contributed by atoms with Crippen LogP contribution in [0, 0.1) is 11.8 Å². The highest BCUT2D eigenvalue weighted by Crippen LogP contribution is 1.99. The monoisotopic (exact) mass is 257 g/mol. The molecule has 0 bridgehead atoms. The molecular formula is C14H27NO3. The van der Waals surface area contributed by atoms with E-state index in [0.29, 0.717) is 32.0 Å². The highest BCUT2D eigenvalue weighted by atomic mass is 16.5. The van der Waals surface area contributed by atoms with E-state index in [9.17, 15) is 9.59 Å². The molecule has 4 nitrogen and oxygen atoms in total. The van der Waals surface area contributed by atoms with Crippen molar-refractivity contribution in [1.82, 2.24) is 5.32 Å². The summed E-state index contributed by atoms with van der Waals surface area (Å²) in [5.74, 6) is 0.888. The predicted molar refractivity (Wildman–Crippen MR) is 72.4 cm³/mol. The summed E-state index contributed by atoms with van der Waals surface area (Å²) in [7, 11) is 0. The normalized spacial score (nSPS) is 11.0. The van der Waals surface area contributed by atoms with Gasteiger partial charge in [-0.05, 0) is 12.3 Å². The molecule has 0 heterocycles. The van der Waals surface area contributed by atoms with Crippen LogP contribution in [0.3, 0.4) is 0 Å². The number of carbonyl (C=O) groups is 2. The molecule has 4 heteroatoms. The maximum atomic E-state index is 11.4. The van der Waals surface area contributed by atoms with E-state index in [1.807, 2.05) is 13.8 Å². The van der Waals surface area contributed by atoms with Crippen molar-refractivity contribution in [3.05, 3.63) is 0 Å². The second kappa shape index (κ2) is 10.1. The molecule has 0 aliphatic rings. The first-order valence-electron chi connectivity index (χ1n) is 6.80. The molecule has 0 atom stereocenters. The van der Waals surface area contributed by atoms with Crippen molar-refractivity contribution < 1.29 is 14.3 Å². The fourth-order valence-electron chi connectivity index (χ4n) is 1.32. The van der Waals surface area contributed by atoms with Gasteiger partial charge in [-0.2, -0.15) is 0 Å². The molecule has 1 amide bonds. The number of rotatable bonds is 10. The third kappa shape index (κ3) is 10.3. The second-order valence-corrected chi connectivity index (χ2v) is 5.27. The molecule has 0 radical (unpaired) electrons. The zero-order valence-electron chi connectivity index (χ0n) is 12.1. The van der Waals surface area contributed by atoms with Crippen molar-refractivity contribution in [1.29, 1.82) is 0 Å². The zero-order chi connectivity index (χ0) is 14.0. The molecule has 0 aliphatic carbocycles. The van der Waals surface area contributed by atoms with Gasteiger partial charge in [0.15, 0.2) is 0 Å². The smallest absolute Gasteiger partial charge is 0.222 e. The van der Waals surface area contributed by atoms with E-state index in [1.54, 1.807) is 0 Å². The average molecular weight is 257 g/mol. The lowest BCUT2D eigenvalue weighted by molar-refractivity contribution is -0.123. The fourth-order valence-corrected chi connectivity index (χ4v) is 1.32. The Balaban J connectivity index is 3.38. The van der Waals surface area contributed by atoms with Gasteiger partial charge in [-0.25, -0.2) is 0 Å². The summed E-state index contributed by atoms with van der Waals surface area (Å²) in [5, 5.41) is 2.85. The second-order valence-electron chi connectivity index (χ2n) is 5.27. The number of ether oxygens (including phenoxy) is 1. The Labute approximate surface area is 110 Å². The first kappa shape index (κ1) is 17.1. The van der Waals surface area contributed by atoms with Gasteiger partial charge < -0.3 is 10.1 Å². The summed E-state index contributed by atoms with van der Waals surface area (Å²) in [6, 6.07) is 0. The van der Waals surface area contributed by atoms with Crippen molar-refractivity contribution in [3.63, 3.8) is 0 Å². The molecule has 0 aromatic heterocycles. The number of hydrogen-bond donors (Lipinski definition) is 1. The topological polar surface area (TPSA) is 55.4 Å². The Hall–Kier alpha value is -0.900. The average Bonchev–Trinajstić information content (AvgIpc) is 2.27. The lowest BCUT2D eigenvalue weighted by atomic mass is 10.1. The minimum atomic E-state index is 0.0193. The van der Waals surface area contributed by atoms with E-state index in [2.05, 4.69) is 19.2 Å². The van der Waals surface area contributed by atoms with Crippen LogP contribution in [0.1, 0.15) is 47.0 Å². The molecule has 0 spiro atoms. The standard InChI is InChI=1S/C14H27NO3/c1-11(2)5-8-15-14(17)7-10-18-9-6-13(16)12(3)4/h11-12H,5-10H2,1-4H3,(H,15,17). The summed E-state index contributed by atoms with van der Waals surface area (Å²) in [6.45, 7) is 9.54. The molecule has 0 saturated heterocycles. The molecule has 0 fully saturated rings. The van der Waals surface area contributed by atoms with Gasteiger partial charge in [0.1, 0.15) is 5.78 Å². The summed E-state index contributed by atoms with van der Waals surface area (Å²) in [4.78, 5) is 22.7. The number of carbonyl (C=O) groups excluding carboxylic acids is 2. The third-order valence-corrected chi connectivity index (χ3v) is 2.65. The van der Waals surface area contributed by atoms with Crippen LogP contribution in [-0.4, -0.2) is 31.4 Å². The van der Waals surface area contributed by atoms with Crippen LogP contribution < -0.4 is 5.32 Å². The van der Waals surface area contributed by atoms with Gasteiger partial charge in [-0.3, -0.25) is 9.59 Å². The van der Waals surface area contributed by atoms with Crippen LogP contribution in [0.4, 0.5) is 0 Å². The summed E-state index contributed by atoms with van der Waals surface area (Å²) in [6.07, 6.45) is 1.80. The molecular weight excluding hydrogens is 230 g/mol. The van der Waals surface area contributed by atoms with E-state index >= 15 is 0 Å². The highest BCUT2D eigenvalue weighted by molar-refractivity contribution is 5.80. The van der Waals surface area contributed by atoms with Gasteiger partial charge in [-0.15, -0.1) is 0 Å². The maximum Gasteiger partial charge on any atom is 0.222 e. The Kier molecular flexibility index (Phi) is 9.56. The van der Waals surface area contributed by atoms with Gasteiger partial charge in [0.25, 0.3) is 0 Å². The van der Waals surface area contributed by atoms with E-state index in [-0.39, 0.29) is 17.6 Å². The molecule has 0 unspecified atom stereocenters. The van der Waals surface area contributed by atoms with Crippen molar-refractivity contribution in [2.24, 2.45) is 11.8 Å². The van der Waals surface area contributed by atoms with Crippen LogP contribution in [-0.2, 0) is 14.3 Å². The summed E-state index contributed by atoms with van der Waals surface area (Å²) < 4.78 is 5.27. The maximum absolute atomic E-state index is 11.4. The molecule has 1 N–H and O–H groups in total. The van der Waals surface area contributed by atoms with Crippen molar-refractivity contribution >= 4 is 11.7 Å². The number of hydrogen-bond acceptors (Lipinski definition) is 3. The predicted octanol–water partition coefficient (Wildman–Crippen LogP) is 2.17. The van der Waals surface area contributed by atoms with E-state index < -0.39 is 0 Å². The molecule has 0 rings (SSSR count). The molecule has 0 aromatic rings. The van der Waals surface area contributed by atoms with Gasteiger partial charge in [-0.1, -0.05) is 27.7 Å². The molecule has 0 aliphatic heterocycles. The third-order valence-electron chi connectivity index (χ3n) is 2.65. The van der Waals surface area contributed by atoms with E-state index in [0.717, 1.165) is 13.0 Å².